The normalized spacial score (nSPS) is 12.6. The molecule has 0 aromatic carbocycles. The monoisotopic (exact) mass is 164 g/mol. The van der Waals surface area contributed by atoms with Gasteiger partial charge in [0, 0.05) is 6.08 Å². The quantitative estimate of drug-likeness (QED) is 0.511. The summed E-state index contributed by atoms with van der Waals surface area (Å²) in [6, 6.07) is 0. The molecule has 1 N–H and O–H groups in total. The summed E-state index contributed by atoms with van der Waals surface area (Å²) < 4.78 is 0. The van der Waals surface area contributed by atoms with Crippen LogP contribution in [-0.4, -0.2) is 11.1 Å². The molecule has 0 rings (SSSR count). The van der Waals surface area contributed by atoms with Crippen LogP contribution < -0.4 is 0 Å². The second kappa shape index (κ2) is 6.16. The van der Waals surface area contributed by atoms with Gasteiger partial charge < -0.3 is 5.11 Å². The third kappa shape index (κ3) is 6.55. The van der Waals surface area contributed by atoms with Crippen molar-refractivity contribution in [3.63, 3.8) is 0 Å². The molecule has 0 aliphatic heterocycles. The van der Waals surface area contributed by atoms with E-state index < -0.39 is 5.97 Å². The zero-order valence-corrected chi connectivity index (χ0v) is 7.03. The van der Waals surface area contributed by atoms with Gasteiger partial charge in [-0.1, -0.05) is 42.5 Å². The zero-order valence-electron chi connectivity index (χ0n) is 7.03. The first-order valence-corrected chi connectivity index (χ1v) is 3.54. The predicted octanol–water partition coefficient (Wildman–Crippen LogP) is 2.32. The minimum Gasteiger partial charge on any atom is -0.478 e. The molecule has 0 bridgehead atoms. The maximum atomic E-state index is 10.1. The summed E-state index contributed by atoms with van der Waals surface area (Å²) in [5, 5.41) is 8.29. The van der Waals surface area contributed by atoms with Gasteiger partial charge in [-0.25, -0.2) is 4.79 Å². The van der Waals surface area contributed by atoms with Gasteiger partial charge in [0.25, 0.3) is 0 Å². The van der Waals surface area contributed by atoms with E-state index >= 15 is 0 Å². The van der Waals surface area contributed by atoms with Gasteiger partial charge in [-0.05, 0) is 6.92 Å². The average Bonchev–Trinajstić information content (AvgIpc) is 2.01. The van der Waals surface area contributed by atoms with Crippen molar-refractivity contribution in [1.82, 2.24) is 0 Å². The van der Waals surface area contributed by atoms with Gasteiger partial charge in [-0.15, -0.1) is 0 Å². The second-order valence-corrected chi connectivity index (χ2v) is 2.20. The predicted molar refractivity (Wildman–Crippen MR) is 49.9 cm³/mol. The first kappa shape index (κ1) is 10.4. The van der Waals surface area contributed by atoms with E-state index in [9.17, 15) is 4.79 Å². The Balaban J connectivity index is 4.10. The van der Waals surface area contributed by atoms with Crippen LogP contribution in [0.15, 0.2) is 48.6 Å². The fourth-order valence-corrected chi connectivity index (χ4v) is 0.544. The molecule has 0 aliphatic rings. The second-order valence-electron chi connectivity index (χ2n) is 2.20. The van der Waals surface area contributed by atoms with Crippen LogP contribution >= 0.6 is 0 Å². The number of hydrogen-bond acceptors (Lipinski definition) is 1. The van der Waals surface area contributed by atoms with Crippen LogP contribution in [0.4, 0.5) is 0 Å². The number of aliphatic carboxylic acids is 1. The van der Waals surface area contributed by atoms with Crippen LogP contribution in [0, 0.1) is 0 Å². The molecule has 0 radical (unpaired) electrons. The lowest BCUT2D eigenvalue weighted by molar-refractivity contribution is -0.131. The first-order chi connectivity index (χ1) is 5.66. The van der Waals surface area contributed by atoms with Crippen LogP contribution in [0.5, 0.6) is 0 Å². The van der Waals surface area contributed by atoms with Crippen molar-refractivity contribution in [3.05, 3.63) is 48.6 Å². The molecular formula is C10H12O2. The molecule has 0 aromatic rings. The Morgan fingerprint density at radius 2 is 2.00 bits per heavy atom. The van der Waals surface area contributed by atoms with Crippen LogP contribution in [-0.2, 0) is 4.79 Å². The maximum Gasteiger partial charge on any atom is 0.328 e. The summed E-state index contributed by atoms with van der Waals surface area (Å²) in [5.74, 6) is -0.935. The van der Waals surface area contributed by atoms with E-state index in [1.165, 1.54) is 6.08 Å². The van der Waals surface area contributed by atoms with E-state index in [-0.39, 0.29) is 0 Å². The topological polar surface area (TPSA) is 37.3 Å². The Bertz CT molecular complexity index is 245. The number of hydrogen-bond donors (Lipinski definition) is 1. The first-order valence-electron chi connectivity index (χ1n) is 3.54. The van der Waals surface area contributed by atoms with Gasteiger partial charge in [0.1, 0.15) is 0 Å². The molecule has 0 heterocycles. The van der Waals surface area contributed by atoms with Gasteiger partial charge >= 0.3 is 5.97 Å². The number of carbonyl (C=O) groups is 1. The van der Waals surface area contributed by atoms with Gasteiger partial charge in [0.2, 0.25) is 0 Å². The van der Waals surface area contributed by atoms with Gasteiger partial charge in [-0.2, -0.15) is 0 Å². The lowest BCUT2D eigenvalue weighted by Crippen LogP contribution is -1.85. The van der Waals surface area contributed by atoms with E-state index in [4.69, 9.17) is 5.11 Å². The Kier molecular flexibility index (Phi) is 5.35. The zero-order chi connectivity index (χ0) is 9.40. The van der Waals surface area contributed by atoms with E-state index in [0.29, 0.717) is 0 Å². The molecule has 2 heteroatoms. The molecule has 64 valence electrons. The van der Waals surface area contributed by atoms with Crippen molar-refractivity contribution in [2.24, 2.45) is 0 Å². The summed E-state index contributed by atoms with van der Waals surface area (Å²) in [6.45, 7) is 5.33. The fourth-order valence-electron chi connectivity index (χ4n) is 0.544. The smallest absolute Gasteiger partial charge is 0.328 e. The van der Waals surface area contributed by atoms with E-state index in [1.54, 1.807) is 24.3 Å². The average molecular weight is 164 g/mol. The maximum absolute atomic E-state index is 10.1. The lowest BCUT2D eigenvalue weighted by Gasteiger charge is -1.85. The van der Waals surface area contributed by atoms with Crippen LogP contribution in [0.3, 0.4) is 0 Å². The highest BCUT2D eigenvalue weighted by Crippen LogP contribution is 1.94. The van der Waals surface area contributed by atoms with Crippen LogP contribution in [0.25, 0.3) is 0 Å². The fraction of sp³-hybridized carbons (Fsp3) is 0.100. The van der Waals surface area contributed by atoms with Crippen LogP contribution in [0.1, 0.15) is 6.92 Å². The highest BCUT2D eigenvalue weighted by atomic mass is 16.4. The lowest BCUT2D eigenvalue weighted by atomic mass is 10.2. The molecule has 0 atom stereocenters. The Labute approximate surface area is 72.2 Å². The summed E-state index contributed by atoms with van der Waals surface area (Å²) in [4.78, 5) is 10.1. The highest BCUT2D eigenvalue weighted by molar-refractivity contribution is 5.80. The van der Waals surface area contributed by atoms with Gasteiger partial charge in [0.15, 0.2) is 0 Å². The summed E-state index contributed by atoms with van der Waals surface area (Å²) in [7, 11) is 0. The Hall–Kier alpha value is -1.57. The molecule has 12 heavy (non-hydrogen) atoms. The summed E-state index contributed by atoms with van der Waals surface area (Å²) >= 11 is 0. The minimum atomic E-state index is -0.935. The molecule has 0 unspecified atom stereocenters. The van der Waals surface area contributed by atoms with Crippen molar-refractivity contribution in [3.8, 4) is 0 Å². The van der Waals surface area contributed by atoms with E-state index in [2.05, 4.69) is 6.58 Å². The molecular weight excluding hydrogens is 152 g/mol. The van der Waals surface area contributed by atoms with Crippen LogP contribution in [0.2, 0.25) is 0 Å². The number of carboxylic acids is 1. The van der Waals surface area contributed by atoms with E-state index in [0.717, 1.165) is 11.6 Å². The van der Waals surface area contributed by atoms with Gasteiger partial charge in [0.05, 0.1) is 0 Å². The molecule has 0 spiro atoms. The number of carboxylic acid groups (broad SMARTS) is 1. The molecule has 0 fully saturated rings. The Morgan fingerprint density at radius 3 is 2.50 bits per heavy atom. The van der Waals surface area contributed by atoms with E-state index in [1.807, 2.05) is 6.92 Å². The van der Waals surface area contributed by atoms with Crippen molar-refractivity contribution in [2.45, 2.75) is 6.92 Å². The molecule has 0 aromatic heterocycles. The minimum absolute atomic E-state index is 0.885. The summed E-state index contributed by atoms with van der Waals surface area (Å²) in [5.41, 5.74) is 0.885. The molecule has 0 saturated carbocycles. The van der Waals surface area contributed by atoms with Gasteiger partial charge in [-0.3, -0.25) is 0 Å². The molecule has 0 saturated heterocycles. The number of allylic oxidation sites excluding steroid dienone is 6. The highest BCUT2D eigenvalue weighted by Gasteiger charge is 1.84. The van der Waals surface area contributed by atoms with Crippen molar-refractivity contribution < 1.29 is 9.90 Å². The standard InChI is InChI=1S/C10H12O2/c1-3-4-5-6-9(2)7-8-10(11)12/h3-8H,1H2,2H3,(H,11,12). The molecule has 0 aliphatic carbocycles. The van der Waals surface area contributed by atoms with Crippen molar-refractivity contribution >= 4 is 5.97 Å². The largest absolute Gasteiger partial charge is 0.478 e. The van der Waals surface area contributed by atoms with Crippen molar-refractivity contribution in [2.75, 3.05) is 0 Å². The molecule has 2 nitrogen and oxygen atoms in total. The number of rotatable bonds is 4. The Morgan fingerprint density at radius 1 is 1.33 bits per heavy atom. The third-order valence-corrected chi connectivity index (χ3v) is 1.10. The van der Waals surface area contributed by atoms with Crippen molar-refractivity contribution in [1.29, 1.82) is 0 Å². The third-order valence-electron chi connectivity index (χ3n) is 1.10. The summed E-state index contributed by atoms with van der Waals surface area (Å²) in [6.07, 6.45) is 9.68. The molecule has 0 amide bonds. The SMILES string of the molecule is C=CC=CC=C(C)C=CC(=O)O.